The van der Waals surface area contributed by atoms with Crippen LogP contribution in [0, 0.1) is 5.82 Å². The molecule has 0 atom stereocenters. The van der Waals surface area contributed by atoms with E-state index < -0.39 is 5.82 Å². The summed E-state index contributed by atoms with van der Waals surface area (Å²) >= 11 is 1.44. The van der Waals surface area contributed by atoms with Crippen LogP contribution < -0.4 is 10.6 Å². The van der Waals surface area contributed by atoms with E-state index in [1.54, 1.807) is 12.3 Å². The second kappa shape index (κ2) is 6.01. The summed E-state index contributed by atoms with van der Waals surface area (Å²) in [5.74, 6) is -0.736. The van der Waals surface area contributed by atoms with Crippen molar-refractivity contribution in [3.8, 4) is 0 Å². The molecule has 2 heterocycles. The Morgan fingerprint density at radius 2 is 2.08 bits per heavy atom. The zero-order chi connectivity index (χ0) is 16.5. The number of anilines is 2. The highest BCUT2D eigenvalue weighted by atomic mass is 32.2. The smallest absolute Gasteiger partial charge is 0.294 e. The second-order valence-corrected chi connectivity index (χ2v) is 6.30. The van der Waals surface area contributed by atoms with Crippen molar-refractivity contribution in [1.29, 1.82) is 0 Å². The first kappa shape index (κ1) is 14.8. The van der Waals surface area contributed by atoms with Gasteiger partial charge in [-0.2, -0.15) is 0 Å². The van der Waals surface area contributed by atoms with Gasteiger partial charge in [0, 0.05) is 16.3 Å². The summed E-state index contributed by atoms with van der Waals surface area (Å²) in [5.41, 5.74) is 2.01. The van der Waals surface area contributed by atoms with Crippen molar-refractivity contribution < 1.29 is 13.6 Å². The maximum absolute atomic E-state index is 13.4. The highest BCUT2D eigenvalue weighted by Gasteiger charge is 2.20. The van der Waals surface area contributed by atoms with Crippen LogP contribution in [0.3, 0.4) is 0 Å². The lowest BCUT2D eigenvalue weighted by atomic mass is 10.1. The Balaban J connectivity index is 1.61. The molecule has 0 aliphatic carbocycles. The van der Waals surface area contributed by atoms with Gasteiger partial charge in [-0.25, -0.2) is 9.37 Å². The number of hydrogen-bond donors (Lipinski definition) is 2. The van der Waals surface area contributed by atoms with Crippen molar-refractivity contribution in [3.63, 3.8) is 0 Å². The van der Waals surface area contributed by atoms with Gasteiger partial charge < -0.3 is 15.1 Å². The minimum Gasteiger partial charge on any atom is -0.432 e. The molecule has 0 bridgehead atoms. The summed E-state index contributed by atoms with van der Waals surface area (Å²) in [7, 11) is 0. The van der Waals surface area contributed by atoms with Crippen LogP contribution in [0.25, 0.3) is 0 Å². The standard InChI is InChI=1S/C17H12FN3O2S/c18-11-2-4-14-12(8-11)16(22)21-13-7-10(1-3-15(13)24-14)9-20-17-19-5-6-23-17/h1-8H,9H2,(H,19,20)(H,21,22). The van der Waals surface area contributed by atoms with Gasteiger partial charge in [-0.1, -0.05) is 17.8 Å². The first-order valence-electron chi connectivity index (χ1n) is 7.24. The fourth-order valence-corrected chi connectivity index (χ4v) is 3.43. The summed E-state index contributed by atoms with van der Waals surface area (Å²) in [4.78, 5) is 18.0. The number of amides is 1. The molecule has 0 saturated carbocycles. The van der Waals surface area contributed by atoms with Gasteiger partial charge in [0.15, 0.2) is 0 Å². The molecular formula is C17H12FN3O2S. The van der Waals surface area contributed by atoms with Crippen molar-refractivity contribution >= 4 is 29.4 Å². The lowest BCUT2D eigenvalue weighted by Gasteiger charge is -2.09. The Morgan fingerprint density at radius 1 is 1.21 bits per heavy atom. The summed E-state index contributed by atoms with van der Waals surface area (Å²) in [6, 6.07) is 10.5. The molecule has 5 nitrogen and oxygen atoms in total. The van der Waals surface area contributed by atoms with E-state index in [9.17, 15) is 9.18 Å². The largest absolute Gasteiger partial charge is 0.432 e. The molecular weight excluding hydrogens is 329 g/mol. The predicted molar refractivity (Wildman–Crippen MR) is 88.7 cm³/mol. The van der Waals surface area contributed by atoms with Crippen molar-refractivity contribution in [2.75, 3.05) is 10.6 Å². The van der Waals surface area contributed by atoms with Gasteiger partial charge in [0.25, 0.3) is 11.9 Å². The van der Waals surface area contributed by atoms with Crippen LogP contribution in [0.4, 0.5) is 16.1 Å². The molecule has 3 aromatic rings. The van der Waals surface area contributed by atoms with Crippen LogP contribution in [0.2, 0.25) is 0 Å². The third-order valence-electron chi connectivity index (χ3n) is 3.57. The Labute approximate surface area is 141 Å². The molecule has 0 spiro atoms. The Bertz CT molecular complexity index is 912. The molecule has 1 aliphatic heterocycles. The number of hydrogen-bond acceptors (Lipinski definition) is 5. The number of fused-ring (bicyclic) bond motifs is 2. The van der Waals surface area contributed by atoms with Crippen molar-refractivity contribution in [2.45, 2.75) is 16.3 Å². The van der Waals surface area contributed by atoms with E-state index in [0.29, 0.717) is 23.8 Å². The first-order valence-corrected chi connectivity index (χ1v) is 8.06. The fraction of sp³-hybridized carbons (Fsp3) is 0.0588. The molecule has 4 rings (SSSR count). The molecule has 0 radical (unpaired) electrons. The van der Waals surface area contributed by atoms with Crippen LogP contribution in [-0.4, -0.2) is 10.9 Å². The molecule has 1 amide bonds. The third kappa shape index (κ3) is 2.85. The Kier molecular flexibility index (Phi) is 3.70. The monoisotopic (exact) mass is 341 g/mol. The van der Waals surface area contributed by atoms with Crippen LogP contribution in [0.5, 0.6) is 0 Å². The SMILES string of the molecule is O=C1Nc2cc(CNc3ncco3)ccc2Sc2ccc(F)cc21. The van der Waals surface area contributed by atoms with E-state index >= 15 is 0 Å². The Morgan fingerprint density at radius 3 is 2.92 bits per heavy atom. The average molecular weight is 341 g/mol. The van der Waals surface area contributed by atoms with Crippen molar-refractivity contribution in [1.82, 2.24) is 4.98 Å². The number of benzene rings is 2. The number of nitrogens with zero attached hydrogens (tertiary/aromatic N) is 1. The Hall–Kier alpha value is -2.80. The molecule has 120 valence electrons. The summed E-state index contributed by atoms with van der Waals surface area (Å²) < 4.78 is 18.5. The quantitative estimate of drug-likeness (QED) is 0.749. The van der Waals surface area contributed by atoms with Crippen LogP contribution in [0.1, 0.15) is 15.9 Å². The molecule has 1 aliphatic rings. The van der Waals surface area contributed by atoms with Crippen LogP contribution >= 0.6 is 11.8 Å². The molecule has 2 aromatic carbocycles. The average Bonchev–Trinajstić information content (AvgIpc) is 3.05. The van der Waals surface area contributed by atoms with Gasteiger partial charge in [0.1, 0.15) is 12.1 Å². The number of rotatable bonds is 3. The second-order valence-electron chi connectivity index (χ2n) is 5.22. The van der Waals surface area contributed by atoms with Gasteiger partial charge >= 0.3 is 0 Å². The minimum absolute atomic E-state index is 0.312. The molecule has 1 aromatic heterocycles. The van der Waals surface area contributed by atoms with E-state index in [2.05, 4.69) is 15.6 Å². The van der Waals surface area contributed by atoms with E-state index in [0.717, 1.165) is 15.4 Å². The molecule has 0 unspecified atom stereocenters. The number of nitrogens with one attached hydrogen (secondary N) is 2. The predicted octanol–water partition coefficient (Wildman–Crippen LogP) is 4.14. The van der Waals surface area contributed by atoms with E-state index in [1.165, 1.54) is 30.2 Å². The van der Waals surface area contributed by atoms with Crippen molar-refractivity contribution in [2.24, 2.45) is 0 Å². The molecule has 0 saturated heterocycles. The topological polar surface area (TPSA) is 67.2 Å². The van der Waals surface area contributed by atoms with Gasteiger partial charge in [-0.15, -0.1) is 0 Å². The first-order chi connectivity index (χ1) is 11.7. The summed E-state index contributed by atoms with van der Waals surface area (Å²) in [6.07, 6.45) is 3.05. The molecule has 2 N–H and O–H groups in total. The van der Waals surface area contributed by atoms with Crippen molar-refractivity contribution in [3.05, 3.63) is 65.8 Å². The highest BCUT2D eigenvalue weighted by Crippen LogP contribution is 2.39. The lowest BCUT2D eigenvalue weighted by molar-refractivity contribution is 0.102. The normalized spacial score (nSPS) is 12.8. The zero-order valence-electron chi connectivity index (χ0n) is 12.4. The number of carbonyl (C=O) groups is 1. The molecule has 24 heavy (non-hydrogen) atoms. The molecule has 0 fully saturated rings. The summed E-state index contributed by atoms with van der Waals surface area (Å²) in [5, 5.41) is 5.90. The minimum atomic E-state index is -0.425. The zero-order valence-corrected chi connectivity index (χ0v) is 13.2. The third-order valence-corrected chi connectivity index (χ3v) is 4.73. The lowest BCUT2D eigenvalue weighted by Crippen LogP contribution is -2.12. The fourth-order valence-electron chi connectivity index (χ4n) is 2.44. The number of oxazole rings is 1. The van der Waals surface area contributed by atoms with Gasteiger partial charge in [0.2, 0.25) is 0 Å². The maximum Gasteiger partial charge on any atom is 0.294 e. The number of aromatic nitrogens is 1. The van der Waals surface area contributed by atoms with Gasteiger partial charge in [-0.3, -0.25) is 4.79 Å². The highest BCUT2D eigenvalue weighted by molar-refractivity contribution is 7.99. The van der Waals surface area contributed by atoms with Gasteiger partial charge in [0.05, 0.1) is 17.4 Å². The summed E-state index contributed by atoms with van der Waals surface area (Å²) in [6.45, 7) is 0.510. The van der Waals surface area contributed by atoms with E-state index in [1.807, 2.05) is 18.2 Å². The van der Waals surface area contributed by atoms with Crippen LogP contribution in [-0.2, 0) is 6.54 Å². The van der Waals surface area contributed by atoms with Crippen LogP contribution in [0.15, 0.2) is 63.1 Å². The molecule has 7 heteroatoms. The van der Waals surface area contributed by atoms with E-state index in [4.69, 9.17) is 4.42 Å². The maximum atomic E-state index is 13.4. The number of carbonyl (C=O) groups excluding carboxylic acids is 1. The van der Waals surface area contributed by atoms with E-state index in [-0.39, 0.29) is 5.91 Å². The number of halogens is 1. The van der Waals surface area contributed by atoms with Gasteiger partial charge in [-0.05, 0) is 35.9 Å².